The van der Waals surface area contributed by atoms with E-state index >= 15 is 0 Å². The monoisotopic (exact) mass is 271 g/mol. The minimum Gasteiger partial charge on any atom is -0.475 e. The number of hydrogen-bond donors (Lipinski definition) is 1. The van der Waals surface area contributed by atoms with E-state index in [4.69, 9.17) is 9.52 Å². The topological polar surface area (TPSA) is 115 Å². The lowest BCUT2D eigenvalue weighted by Gasteiger charge is -2.00. The molecular formula is C9H9N3O5S. The first-order valence-electron chi connectivity index (χ1n) is 4.79. The van der Waals surface area contributed by atoms with Crippen molar-refractivity contribution in [3.8, 4) is 0 Å². The molecule has 18 heavy (non-hydrogen) atoms. The lowest BCUT2D eigenvalue weighted by atomic mass is 10.5. The van der Waals surface area contributed by atoms with Crippen LogP contribution in [0.1, 0.15) is 16.4 Å². The smallest absolute Gasteiger partial charge is 0.371 e. The van der Waals surface area contributed by atoms with Crippen LogP contribution in [0.5, 0.6) is 0 Å². The summed E-state index contributed by atoms with van der Waals surface area (Å²) in [5, 5.41) is 12.0. The summed E-state index contributed by atoms with van der Waals surface area (Å²) in [5.74, 6) is -1.92. The van der Waals surface area contributed by atoms with Gasteiger partial charge in [0, 0.05) is 7.05 Å². The van der Waals surface area contributed by atoms with Crippen molar-refractivity contribution < 1.29 is 22.7 Å². The lowest BCUT2D eigenvalue weighted by Crippen LogP contribution is -2.09. The molecule has 2 rings (SSSR count). The van der Waals surface area contributed by atoms with Crippen LogP contribution in [-0.4, -0.2) is 34.3 Å². The van der Waals surface area contributed by atoms with Crippen LogP contribution < -0.4 is 0 Å². The van der Waals surface area contributed by atoms with Crippen molar-refractivity contribution in [2.45, 2.75) is 10.8 Å². The maximum absolute atomic E-state index is 11.9. The molecule has 0 aliphatic heterocycles. The third kappa shape index (κ3) is 2.25. The molecule has 0 atom stereocenters. The molecule has 8 nitrogen and oxygen atoms in total. The molecule has 0 aliphatic carbocycles. The molecule has 0 aromatic carbocycles. The standard InChI is InChI=1S/C9H9N3O5S/c1-12-7(10-5-11-12)4-18(15,16)8-3-2-6(17-8)9(13)14/h2-3,5H,4H2,1H3,(H,13,14). The maximum atomic E-state index is 11.9. The Morgan fingerprint density at radius 2 is 2.22 bits per heavy atom. The number of sulfone groups is 1. The van der Waals surface area contributed by atoms with Crippen molar-refractivity contribution in [2.75, 3.05) is 0 Å². The van der Waals surface area contributed by atoms with E-state index in [0.717, 1.165) is 12.1 Å². The average molecular weight is 271 g/mol. The highest BCUT2D eigenvalue weighted by molar-refractivity contribution is 7.90. The maximum Gasteiger partial charge on any atom is 0.371 e. The summed E-state index contributed by atoms with van der Waals surface area (Å²) in [6.07, 6.45) is 1.23. The molecule has 1 N–H and O–H groups in total. The minimum atomic E-state index is -3.77. The van der Waals surface area contributed by atoms with Gasteiger partial charge >= 0.3 is 5.97 Å². The van der Waals surface area contributed by atoms with Gasteiger partial charge in [0.2, 0.25) is 20.7 Å². The van der Waals surface area contributed by atoms with Gasteiger partial charge in [0.15, 0.2) is 0 Å². The molecule has 9 heteroatoms. The van der Waals surface area contributed by atoms with E-state index in [1.807, 2.05) is 0 Å². The van der Waals surface area contributed by atoms with E-state index in [1.54, 1.807) is 7.05 Å². The quantitative estimate of drug-likeness (QED) is 0.837. The Labute approximate surface area is 102 Å². The van der Waals surface area contributed by atoms with Crippen LogP contribution in [0.25, 0.3) is 0 Å². The highest BCUT2D eigenvalue weighted by Crippen LogP contribution is 2.18. The SMILES string of the molecule is Cn1ncnc1CS(=O)(=O)c1ccc(C(=O)O)o1. The van der Waals surface area contributed by atoms with Gasteiger partial charge in [0.05, 0.1) is 0 Å². The van der Waals surface area contributed by atoms with Gasteiger partial charge in [0.1, 0.15) is 17.9 Å². The van der Waals surface area contributed by atoms with Gasteiger partial charge in [-0.2, -0.15) is 5.10 Å². The largest absolute Gasteiger partial charge is 0.475 e. The normalized spacial score (nSPS) is 11.6. The van der Waals surface area contributed by atoms with Crippen molar-refractivity contribution in [2.24, 2.45) is 7.05 Å². The predicted octanol–water partition coefficient (Wildman–Crippen LogP) is 0.0802. The second-order valence-electron chi connectivity index (χ2n) is 3.48. The summed E-state index contributed by atoms with van der Waals surface area (Å²) in [7, 11) is -2.21. The molecule has 0 saturated carbocycles. The van der Waals surface area contributed by atoms with Crippen LogP contribution in [0.15, 0.2) is 28.0 Å². The first-order valence-corrected chi connectivity index (χ1v) is 6.44. The van der Waals surface area contributed by atoms with Crippen LogP contribution in [-0.2, 0) is 22.6 Å². The molecule has 2 aromatic heterocycles. The number of aromatic nitrogens is 3. The molecular weight excluding hydrogens is 262 g/mol. The Balaban J connectivity index is 2.31. The molecule has 0 radical (unpaired) electrons. The summed E-state index contributed by atoms with van der Waals surface area (Å²) in [5.41, 5.74) is 0. The highest BCUT2D eigenvalue weighted by atomic mass is 32.2. The van der Waals surface area contributed by atoms with Crippen LogP contribution in [0, 0.1) is 0 Å². The Hall–Kier alpha value is -2.16. The van der Waals surface area contributed by atoms with Crippen molar-refractivity contribution in [1.82, 2.24) is 14.8 Å². The number of aromatic carboxylic acids is 1. The molecule has 0 aliphatic rings. The molecule has 2 heterocycles. The van der Waals surface area contributed by atoms with Crippen LogP contribution in [0.2, 0.25) is 0 Å². The molecule has 0 amide bonds. The number of hydrogen-bond acceptors (Lipinski definition) is 6. The number of carboxylic acid groups (broad SMARTS) is 1. The van der Waals surface area contributed by atoms with Crippen LogP contribution >= 0.6 is 0 Å². The van der Waals surface area contributed by atoms with Gasteiger partial charge in [-0.1, -0.05) is 0 Å². The highest BCUT2D eigenvalue weighted by Gasteiger charge is 2.23. The Bertz CT molecular complexity index is 685. The summed E-state index contributed by atoms with van der Waals surface area (Å²) >= 11 is 0. The predicted molar refractivity (Wildman–Crippen MR) is 57.6 cm³/mol. The van der Waals surface area contributed by atoms with Gasteiger partial charge in [-0.25, -0.2) is 18.2 Å². The van der Waals surface area contributed by atoms with E-state index in [2.05, 4.69) is 10.1 Å². The zero-order valence-corrected chi connectivity index (χ0v) is 10.1. The Morgan fingerprint density at radius 1 is 1.50 bits per heavy atom. The molecule has 0 bridgehead atoms. The van der Waals surface area contributed by atoms with E-state index in [9.17, 15) is 13.2 Å². The molecule has 0 unspecified atom stereocenters. The average Bonchev–Trinajstić information content (AvgIpc) is 2.88. The number of carboxylic acids is 1. The lowest BCUT2D eigenvalue weighted by molar-refractivity contribution is 0.0656. The van der Waals surface area contributed by atoms with Gasteiger partial charge in [-0.05, 0) is 12.1 Å². The van der Waals surface area contributed by atoms with Gasteiger partial charge in [0.25, 0.3) is 0 Å². The van der Waals surface area contributed by atoms with Crippen molar-refractivity contribution in [3.05, 3.63) is 30.0 Å². The molecule has 0 saturated heterocycles. The van der Waals surface area contributed by atoms with Gasteiger partial charge in [-0.3, -0.25) is 4.68 Å². The first kappa shape index (κ1) is 12.3. The van der Waals surface area contributed by atoms with E-state index < -0.39 is 32.4 Å². The zero-order valence-electron chi connectivity index (χ0n) is 9.27. The van der Waals surface area contributed by atoms with Crippen LogP contribution in [0.3, 0.4) is 0 Å². The van der Waals surface area contributed by atoms with E-state index in [1.165, 1.54) is 11.0 Å². The summed E-state index contributed by atoms with van der Waals surface area (Å²) in [6, 6.07) is 2.20. The van der Waals surface area contributed by atoms with Gasteiger partial charge < -0.3 is 9.52 Å². The molecule has 0 fully saturated rings. The summed E-state index contributed by atoms with van der Waals surface area (Å²) < 4.78 is 29.9. The fourth-order valence-corrected chi connectivity index (χ4v) is 2.53. The van der Waals surface area contributed by atoms with E-state index in [-0.39, 0.29) is 5.82 Å². The number of furan rings is 1. The van der Waals surface area contributed by atoms with Crippen molar-refractivity contribution in [1.29, 1.82) is 0 Å². The summed E-state index contributed by atoms with van der Waals surface area (Å²) in [4.78, 5) is 14.4. The molecule has 96 valence electrons. The zero-order chi connectivity index (χ0) is 13.3. The Morgan fingerprint density at radius 3 is 2.72 bits per heavy atom. The number of rotatable bonds is 4. The number of nitrogens with zero attached hydrogens (tertiary/aromatic N) is 3. The van der Waals surface area contributed by atoms with Crippen molar-refractivity contribution >= 4 is 15.8 Å². The molecule has 0 spiro atoms. The third-order valence-electron chi connectivity index (χ3n) is 2.22. The first-order chi connectivity index (χ1) is 8.40. The van der Waals surface area contributed by atoms with E-state index in [0.29, 0.717) is 0 Å². The Kier molecular flexibility index (Phi) is 2.91. The van der Waals surface area contributed by atoms with Crippen molar-refractivity contribution in [3.63, 3.8) is 0 Å². The van der Waals surface area contributed by atoms with Gasteiger partial charge in [-0.15, -0.1) is 0 Å². The van der Waals surface area contributed by atoms with Crippen LogP contribution in [0.4, 0.5) is 0 Å². The fraction of sp³-hybridized carbons (Fsp3) is 0.222. The molecule has 2 aromatic rings. The fourth-order valence-electron chi connectivity index (χ4n) is 1.29. The minimum absolute atomic E-state index is 0.239. The second-order valence-corrected chi connectivity index (χ2v) is 5.40. The number of aryl methyl sites for hydroxylation is 1. The second kappa shape index (κ2) is 4.26. The third-order valence-corrected chi connectivity index (χ3v) is 3.69. The number of carbonyl (C=O) groups is 1. The summed E-state index contributed by atoms with van der Waals surface area (Å²) in [6.45, 7) is 0.